The first kappa shape index (κ1) is 12.4. The van der Waals surface area contributed by atoms with Crippen LogP contribution in [0.15, 0.2) is 18.2 Å². The minimum atomic E-state index is 0.520. The van der Waals surface area contributed by atoms with Crippen molar-refractivity contribution in [1.29, 1.82) is 0 Å². The third-order valence-corrected chi connectivity index (χ3v) is 4.57. The van der Waals surface area contributed by atoms with E-state index in [0.29, 0.717) is 11.9 Å². The third-order valence-electron chi connectivity index (χ3n) is 2.86. The summed E-state index contributed by atoms with van der Waals surface area (Å²) in [6, 6.07) is 6.58. The lowest BCUT2D eigenvalue weighted by Gasteiger charge is -2.36. The Morgan fingerprint density at radius 1 is 1.50 bits per heavy atom. The van der Waals surface area contributed by atoms with Crippen LogP contribution in [0.25, 0.3) is 0 Å². The molecule has 0 saturated carbocycles. The highest BCUT2D eigenvalue weighted by Crippen LogP contribution is 2.30. The second-order valence-corrected chi connectivity index (χ2v) is 5.88. The summed E-state index contributed by atoms with van der Waals surface area (Å²) in [6.45, 7) is 3.36. The van der Waals surface area contributed by atoms with Crippen LogP contribution in [0.3, 0.4) is 0 Å². The van der Waals surface area contributed by atoms with Crippen LogP contribution in [0.1, 0.15) is 12.5 Å². The fraction of sp³-hybridized carbons (Fsp3) is 0.500. The zero-order valence-electron chi connectivity index (χ0n) is 9.25. The molecule has 0 N–H and O–H groups in total. The van der Waals surface area contributed by atoms with Crippen molar-refractivity contribution < 1.29 is 0 Å². The molecular formula is C12H15Cl2NS. The van der Waals surface area contributed by atoms with Gasteiger partial charge in [0.25, 0.3) is 0 Å². The van der Waals surface area contributed by atoms with Crippen molar-refractivity contribution in [3.05, 3.63) is 28.8 Å². The Morgan fingerprint density at radius 3 is 3.00 bits per heavy atom. The maximum atomic E-state index is 5.99. The smallest absolute Gasteiger partial charge is 0.0495 e. The van der Waals surface area contributed by atoms with Crippen LogP contribution in [-0.2, 0) is 5.88 Å². The van der Waals surface area contributed by atoms with Gasteiger partial charge >= 0.3 is 0 Å². The molecule has 0 radical (unpaired) electrons. The van der Waals surface area contributed by atoms with E-state index < -0.39 is 0 Å². The number of alkyl halides is 1. The van der Waals surface area contributed by atoms with E-state index in [1.54, 1.807) is 0 Å². The number of rotatable bonds is 2. The van der Waals surface area contributed by atoms with Crippen LogP contribution in [0.4, 0.5) is 5.69 Å². The van der Waals surface area contributed by atoms with E-state index >= 15 is 0 Å². The van der Waals surface area contributed by atoms with Crippen molar-refractivity contribution in [2.45, 2.75) is 18.8 Å². The van der Waals surface area contributed by atoms with Crippen LogP contribution < -0.4 is 4.90 Å². The van der Waals surface area contributed by atoms with Crippen molar-refractivity contribution >= 4 is 40.7 Å². The SMILES string of the molecule is CC1CSCCN1c1ccc(Cl)cc1CCl. The molecule has 1 saturated heterocycles. The van der Waals surface area contributed by atoms with Crippen molar-refractivity contribution in [2.24, 2.45) is 0 Å². The quantitative estimate of drug-likeness (QED) is 0.750. The summed E-state index contributed by atoms with van der Waals surface area (Å²) < 4.78 is 0. The van der Waals surface area contributed by atoms with Gasteiger partial charge in [-0.1, -0.05) is 11.6 Å². The molecule has 0 bridgehead atoms. The lowest BCUT2D eigenvalue weighted by molar-refractivity contribution is 0.697. The molecule has 16 heavy (non-hydrogen) atoms. The van der Waals surface area contributed by atoms with E-state index in [4.69, 9.17) is 23.2 Å². The van der Waals surface area contributed by atoms with Crippen LogP contribution in [-0.4, -0.2) is 24.1 Å². The normalized spacial score (nSPS) is 21.2. The van der Waals surface area contributed by atoms with Crippen molar-refractivity contribution in [1.82, 2.24) is 0 Å². The second-order valence-electron chi connectivity index (χ2n) is 4.02. The molecule has 1 nitrogen and oxygen atoms in total. The lowest BCUT2D eigenvalue weighted by atomic mass is 10.1. The van der Waals surface area contributed by atoms with E-state index in [1.807, 2.05) is 23.9 Å². The molecule has 1 fully saturated rings. The topological polar surface area (TPSA) is 3.24 Å². The van der Waals surface area contributed by atoms with Crippen LogP contribution in [0, 0.1) is 0 Å². The molecule has 0 spiro atoms. The molecule has 1 aliphatic rings. The van der Waals surface area contributed by atoms with Crippen molar-refractivity contribution in [3.8, 4) is 0 Å². The molecule has 1 unspecified atom stereocenters. The molecule has 1 aromatic carbocycles. The number of benzene rings is 1. The molecule has 0 aliphatic carbocycles. The van der Waals surface area contributed by atoms with Gasteiger partial charge in [-0.2, -0.15) is 11.8 Å². The van der Waals surface area contributed by atoms with Gasteiger partial charge in [-0.05, 0) is 30.7 Å². The number of halogens is 2. The monoisotopic (exact) mass is 275 g/mol. The number of hydrogen-bond acceptors (Lipinski definition) is 2. The zero-order valence-corrected chi connectivity index (χ0v) is 11.6. The Labute approximate surface area is 111 Å². The molecule has 1 aliphatic heterocycles. The number of hydrogen-bond donors (Lipinski definition) is 0. The number of nitrogens with zero attached hydrogens (tertiary/aromatic N) is 1. The van der Waals surface area contributed by atoms with Gasteiger partial charge in [0.1, 0.15) is 0 Å². The highest BCUT2D eigenvalue weighted by molar-refractivity contribution is 7.99. The first-order valence-corrected chi connectivity index (χ1v) is 7.48. The van der Waals surface area contributed by atoms with E-state index in [-0.39, 0.29) is 0 Å². The highest BCUT2D eigenvalue weighted by Gasteiger charge is 2.20. The Bertz CT molecular complexity index is 370. The van der Waals surface area contributed by atoms with Gasteiger partial charge in [0, 0.05) is 40.7 Å². The predicted molar refractivity (Wildman–Crippen MR) is 75.1 cm³/mol. The Kier molecular flexibility index (Phi) is 4.28. The minimum Gasteiger partial charge on any atom is -0.367 e. The predicted octanol–water partition coefficient (Wildman–Crippen LogP) is 4.02. The van der Waals surface area contributed by atoms with E-state index in [2.05, 4.69) is 17.9 Å². The first-order valence-electron chi connectivity index (χ1n) is 5.41. The van der Waals surface area contributed by atoms with Gasteiger partial charge in [0.2, 0.25) is 0 Å². The number of anilines is 1. The Morgan fingerprint density at radius 2 is 2.31 bits per heavy atom. The van der Waals surface area contributed by atoms with Gasteiger partial charge < -0.3 is 4.90 Å². The van der Waals surface area contributed by atoms with Gasteiger partial charge in [0.05, 0.1) is 0 Å². The van der Waals surface area contributed by atoms with Crippen LogP contribution in [0.5, 0.6) is 0 Å². The molecule has 1 aromatic rings. The summed E-state index contributed by atoms with van der Waals surface area (Å²) in [5.74, 6) is 2.89. The summed E-state index contributed by atoms with van der Waals surface area (Å²) in [5.41, 5.74) is 2.38. The summed E-state index contributed by atoms with van der Waals surface area (Å²) in [6.07, 6.45) is 0. The molecular weight excluding hydrogens is 261 g/mol. The fourth-order valence-electron chi connectivity index (χ4n) is 2.03. The standard InChI is InChI=1S/C12H15Cl2NS/c1-9-8-16-5-4-15(9)12-3-2-11(14)6-10(12)7-13/h2-3,6,9H,4-5,7-8H2,1H3. The van der Waals surface area contributed by atoms with Gasteiger partial charge in [-0.3, -0.25) is 0 Å². The highest BCUT2D eigenvalue weighted by atomic mass is 35.5. The molecule has 1 heterocycles. The Hall–Kier alpha value is -0.0500. The van der Waals surface area contributed by atoms with E-state index in [0.717, 1.165) is 17.1 Å². The van der Waals surface area contributed by atoms with Crippen LogP contribution >= 0.6 is 35.0 Å². The summed E-state index contributed by atoms with van der Waals surface area (Å²) >= 11 is 14.0. The fourth-order valence-corrected chi connectivity index (χ4v) is 3.45. The molecule has 0 amide bonds. The van der Waals surface area contributed by atoms with Crippen molar-refractivity contribution in [2.75, 3.05) is 23.0 Å². The lowest BCUT2D eigenvalue weighted by Crippen LogP contribution is -2.40. The van der Waals surface area contributed by atoms with Crippen molar-refractivity contribution in [3.63, 3.8) is 0 Å². The van der Waals surface area contributed by atoms with Gasteiger partial charge in [-0.15, -0.1) is 11.6 Å². The van der Waals surface area contributed by atoms with Gasteiger partial charge in [-0.25, -0.2) is 0 Å². The van der Waals surface area contributed by atoms with E-state index in [9.17, 15) is 0 Å². The van der Waals surface area contributed by atoms with Gasteiger partial charge in [0.15, 0.2) is 0 Å². The third kappa shape index (κ3) is 2.61. The first-order chi connectivity index (χ1) is 7.72. The number of thioether (sulfide) groups is 1. The largest absolute Gasteiger partial charge is 0.367 e. The summed E-state index contributed by atoms with van der Waals surface area (Å²) in [4.78, 5) is 2.44. The maximum Gasteiger partial charge on any atom is 0.0495 e. The minimum absolute atomic E-state index is 0.520. The molecule has 2 rings (SSSR count). The summed E-state index contributed by atoms with van der Waals surface area (Å²) in [7, 11) is 0. The van der Waals surface area contributed by atoms with Crippen LogP contribution in [0.2, 0.25) is 5.02 Å². The molecule has 1 atom stereocenters. The average Bonchev–Trinajstić information content (AvgIpc) is 2.30. The maximum absolute atomic E-state index is 5.99. The molecule has 4 heteroatoms. The molecule has 0 aromatic heterocycles. The summed E-state index contributed by atoms with van der Waals surface area (Å²) in [5, 5.41) is 0.762. The average molecular weight is 276 g/mol. The Balaban J connectivity index is 2.30. The van der Waals surface area contributed by atoms with E-state index in [1.165, 1.54) is 17.2 Å². The second kappa shape index (κ2) is 5.52. The molecule has 88 valence electrons. The zero-order chi connectivity index (χ0) is 11.5.